The minimum atomic E-state index is -4.94. The van der Waals surface area contributed by atoms with E-state index in [1.807, 2.05) is 4.90 Å². The summed E-state index contributed by atoms with van der Waals surface area (Å²) in [5, 5.41) is 0. The first-order chi connectivity index (χ1) is 24.1. The standard InChI is InChI=1S/C35H34F7N5O4/c1-22-31(44-17-15-43(16-18-44)19-24-12-13-29(51-24)35(40,41)42)32(49)47(21-28(23-7-3-2-4-8-23)45-14-6-11-30(45)48)33(50)46(22)20-25-26(34(37,38)39)9-5-10-27(25)36/h2-5,7-10,12-13,28H,6,11,14-21H2,1H3/t28-/m1/s1. The van der Waals surface area contributed by atoms with E-state index in [1.54, 1.807) is 40.1 Å². The number of alkyl halides is 6. The van der Waals surface area contributed by atoms with E-state index in [4.69, 9.17) is 4.42 Å². The molecule has 9 nitrogen and oxygen atoms in total. The molecule has 4 aromatic rings. The van der Waals surface area contributed by atoms with Crippen molar-refractivity contribution in [3.63, 3.8) is 0 Å². The maximum atomic E-state index is 15.1. The van der Waals surface area contributed by atoms with Crippen molar-refractivity contribution in [2.24, 2.45) is 0 Å². The highest BCUT2D eigenvalue weighted by Crippen LogP contribution is 2.34. The van der Waals surface area contributed by atoms with Gasteiger partial charge in [-0.2, -0.15) is 26.3 Å². The summed E-state index contributed by atoms with van der Waals surface area (Å²) in [5.74, 6) is -2.39. The van der Waals surface area contributed by atoms with Crippen molar-refractivity contribution >= 4 is 11.6 Å². The normalized spacial score (nSPS) is 16.7. The van der Waals surface area contributed by atoms with Crippen LogP contribution in [-0.4, -0.2) is 57.6 Å². The highest BCUT2D eigenvalue weighted by atomic mass is 19.4. The Balaban J connectivity index is 1.40. The Labute approximate surface area is 287 Å². The van der Waals surface area contributed by atoms with Crippen molar-refractivity contribution < 1.29 is 39.9 Å². The Hall–Kier alpha value is -4.86. The van der Waals surface area contributed by atoms with E-state index < -0.39 is 58.9 Å². The molecule has 16 heteroatoms. The van der Waals surface area contributed by atoms with Gasteiger partial charge in [0, 0.05) is 50.4 Å². The molecule has 51 heavy (non-hydrogen) atoms. The summed E-state index contributed by atoms with van der Waals surface area (Å²) in [4.78, 5) is 46.6. The van der Waals surface area contributed by atoms with Gasteiger partial charge in [0.2, 0.25) is 11.7 Å². The number of carbonyl (C=O) groups excluding carboxylic acids is 1. The summed E-state index contributed by atoms with van der Waals surface area (Å²) >= 11 is 0. The Morgan fingerprint density at radius 1 is 0.784 bits per heavy atom. The molecule has 2 aliphatic heterocycles. The number of piperazine rings is 1. The summed E-state index contributed by atoms with van der Waals surface area (Å²) in [6.45, 7) is 1.55. The van der Waals surface area contributed by atoms with Crippen molar-refractivity contribution in [3.05, 3.63) is 121 Å². The van der Waals surface area contributed by atoms with Crippen LogP contribution in [-0.2, 0) is 36.8 Å². The number of aromatic nitrogens is 2. The van der Waals surface area contributed by atoms with Crippen LogP contribution in [0.25, 0.3) is 0 Å². The molecule has 2 aliphatic rings. The lowest BCUT2D eigenvalue weighted by atomic mass is 10.0. The number of furan rings is 1. The molecule has 0 spiro atoms. The van der Waals surface area contributed by atoms with Gasteiger partial charge in [0.15, 0.2) is 0 Å². The summed E-state index contributed by atoms with van der Waals surface area (Å²) in [5.41, 5.74) is -3.08. The van der Waals surface area contributed by atoms with Crippen molar-refractivity contribution in [2.75, 3.05) is 37.6 Å². The van der Waals surface area contributed by atoms with Gasteiger partial charge < -0.3 is 14.2 Å². The number of hydrogen-bond acceptors (Lipinski definition) is 6. The van der Waals surface area contributed by atoms with Crippen LogP contribution in [0.2, 0.25) is 0 Å². The highest BCUT2D eigenvalue weighted by Gasteiger charge is 2.37. The average molecular weight is 722 g/mol. The van der Waals surface area contributed by atoms with Crippen LogP contribution in [0.1, 0.15) is 52.8 Å². The monoisotopic (exact) mass is 721 g/mol. The van der Waals surface area contributed by atoms with Gasteiger partial charge in [-0.25, -0.2) is 9.18 Å². The third kappa shape index (κ3) is 7.46. The second kappa shape index (κ2) is 14.0. The van der Waals surface area contributed by atoms with E-state index in [0.29, 0.717) is 18.5 Å². The molecule has 1 atom stereocenters. The fourth-order valence-corrected chi connectivity index (χ4v) is 6.84. The first-order valence-corrected chi connectivity index (χ1v) is 16.3. The molecule has 0 N–H and O–H groups in total. The molecule has 0 aliphatic carbocycles. The lowest BCUT2D eigenvalue weighted by molar-refractivity contribution is -0.153. The molecular weight excluding hydrogens is 687 g/mol. The van der Waals surface area contributed by atoms with Crippen LogP contribution in [0.5, 0.6) is 0 Å². The van der Waals surface area contributed by atoms with Gasteiger partial charge in [-0.3, -0.25) is 23.6 Å². The van der Waals surface area contributed by atoms with Crippen LogP contribution in [0.4, 0.5) is 36.4 Å². The molecule has 1 amide bonds. The smallest absolute Gasteiger partial charge is 0.449 e. The average Bonchev–Trinajstić information content (AvgIpc) is 3.73. The third-order valence-electron chi connectivity index (χ3n) is 9.43. The van der Waals surface area contributed by atoms with Crippen molar-refractivity contribution in [1.82, 2.24) is 18.9 Å². The first-order valence-electron chi connectivity index (χ1n) is 16.3. The number of anilines is 1. The number of halogens is 7. The van der Waals surface area contributed by atoms with Crippen molar-refractivity contribution in [2.45, 2.75) is 57.8 Å². The van der Waals surface area contributed by atoms with Gasteiger partial charge in [0.05, 0.1) is 31.2 Å². The van der Waals surface area contributed by atoms with Crippen LogP contribution < -0.4 is 16.1 Å². The number of hydrogen-bond donors (Lipinski definition) is 0. The largest absolute Gasteiger partial charge is 0.455 e. The highest BCUT2D eigenvalue weighted by molar-refractivity contribution is 5.78. The van der Waals surface area contributed by atoms with Gasteiger partial charge in [-0.15, -0.1) is 0 Å². The zero-order valence-electron chi connectivity index (χ0n) is 27.4. The quantitative estimate of drug-likeness (QED) is 0.203. The molecule has 0 unspecified atom stereocenters. The molecular formula is C35H34F7N5O4. The van der Waals surface area contributed by atoms with Crippen LogP contribution in [0, 0.1) is 12.7 Å². The summed E-state index contributed by atoms with van der Waals surface area (Å²) in [6, 6.07) is 12.6. The van der Waals surface area contributed by atoms with Crippen molar-refractivity contribution in [3.8, 4) is 0 Å². The predicted molar refractivity (Wildman–Crippen MR) is 172 cm³/mol. The second-order valence-corrected chi connectivity index (χ2v) is 12.6. The van der Waals surface area contributed by atoms with Crippen LogP contribution in [0.3, 0.4) is 0 Å². The maximum absolute atomic E-state index is 15.1. The van der Waals surface area contributed by atoms with Gasteiger partial charge in [0.1, 0.15) is 17.3 Å². The van der Waals surface area contributed by atoms with Gasteiger partial charge >= 0.3 is 18.0 Å². The van der Waals surface area contributed by atoms with Gasteiger partial charge in [-0.05, 0) is 43.2 Å². The number of likely N-dealkylation sites (tertiary alicyclic amines) is 1. The van der Waals surface area contributed by atoms with E-state index in [0.717, 1.165) is 33.4 Å². The van der Waals surface area contributed by atoms with E-state index in [-0.39, 0.29) is 68.7 Å². The van der Waals surface area contributed by atoms with E-state index in [9.17, 15) is 40.7 Å². The fourth-order valence-electron chi connectivity index (χ4n) is 6.84. The number of amides is 1. The van der Waals surface area contributed by atoms with Crippen molar-refractivity contribution in [1.29, 1.82) is 0 Å². The molecule has 0 saturated carbocycles. The van der Waals surface area contributed by atoms with Gasteiger partial charge in [-0.1, -0.05) is 36.4 Å². The fraction of sp³-hybridized carbons (Fsp3) is 0.400. The lowest BCUT2D eigenvalue weighted by Crippen LogP contribution is -2.51. The zero-order chi connectivity index (χ0) is 36.7. The van der Waals surface area contributed by atoms with E-state index in [2.05, 4.69) is 0 Å². The number of benzene rings is 2. The number of rotatable bonds is 9. The predicted octanol–water partition coefficient (Wildman–Crippen LogP) is 5.82. The Morgan fingerprint density at radius 3 is 2.10 bits per heavy atom. The Kier molecular flexibility index (Phi) is 9.90. The molecule has 0 bridgehead atoms. The molecule has 272 valence electrons. The van der Waals surface area contributed by atoms with Gasteiger partial charge in [0.25, 0.3) is 5.56 Å². The molecule has 6 rings (SSSR count). The minimum Gasteiger partial charge on any atom is -0.455 e. The number of nitrogens with zero attached hydrogens (tertiary/aromatic N) is 5. The molecule has 2 aromatic heterocycles. The minimum absolute atomic E-state index is 0.0102. The maximum Gasteiger partial charge on any atom is 0.449 e. The first kappa shape index (κ1) is 35.9. The van der Waals surface area contributed by atoms with E-state index in [1.165, 1.54) is 13.0 Å². The van der Waals surface area contributed by atoms with Crippen LogP contribution in [0.15, 0.2) is 74.7 Å². The summed E-state index contributed by atoms with van der Waals surface area (Å²) in [6.07, 6.45) is -8.74. The molecule has 2 aromatic carbocycles. The molecule has 0 radical (unpaired) electrons. The summed E-state index contributed by atoms with van der Waals surface area (Å²) < 4.78 is 103. The van der Waals surface area contributed by atoms with Crippen LogP contribution >= 0.6 is 0 Å². The Bertz CT molecular complexity index is 2010. The van der Waals surface area contributed by atoms with E-state index >= 15 is 4.39 Å². The summed E-state index contributed by atoms with van der Waals surface area (Å²) in [7, 11) is 0. The second-order valence-electron chi connectivity index (χ2n) is 12.6. The SMILES string of the molecule is Cc1c(N2CCN(Cc3ccc(C(F)(F)F)o3)CC2)c(=O)n(C[C@H](c2ccccc2)N2CCCC2=O)c(=O)n1Cc1c(F)cccc1C(F)(F)F. The number of carbonyl (C=O) groups is 1. The zero-order valence-corrected chi connectivity index (χ0v) is 27.4. The molecule has 4 heterocycles. The lowest BCUT2D eigenvalue weighted by Gasteiger charge is -2.37. The Morgan fingerprint density at radius 2 is 1.49 bits per heavy atom. The molecule has 2 saturated heterocycles. The third-order valence-corrected chi connectivity index (χ3v) is 9.43. The molecule has 2 fully saturated rings. The topological polar surface area (TPSA) is 83.9 Å².